The van der Waals surface area contributed by atoms with E-state index in [1.165, 1.54) is 11.1 Å². The third-order valence-electron chi connectivity index (χ3n) is 3.14. The van der Waals surface area contributed by atoms with Crippen molar-refractivity contribution < 1.29 is 0 Å². The van der Waals surface area contributed by atoms with E-state index >= 15 is 0 Å². The van der Waals surface area contributed by atoms with E-state index < -0.39 is 0 Å². The number of benzene rings is 2. The van der Waals surface area contributed by atoms with Crippen molar-refractivity contribution in [1.82, 2.24) is 20.2 Å². The molecule has 0 fully saturated rings. The Bertz CT molecular complexity index is 757. The van der Waals surface area contributed by atoms with E-state index in [2.05, 4.69) is 21.5 Å². The fourth-order valence-electron chi connectivity index (χ4n) is 2.14. The van der Waals surface area contributed by atoms with E-state index in [0.29, 0.717) is 10.6 Å². The van der Waals surface area contributed by atoms with Gasteiger partial charge < -0.3 is 0 Å². The van der Waals surface area contributed by atoms with Gasteiger partial charge in [0, 0.05) is 5.02 Å². The molecule has 0 spiro atoms. The smallest absolute Gasteiger partial charge is 0.162 e. The molecule has 0 aliphatic heterocycles. The van der Waals surface area contributed by atoms with Gasteiger partial charge in [0.25, 0.3) is 0 Å². The highest BCUT2D eigenvalue weighted by molar-refractivity contribution is 6.30. The van der Waals surface area contributed by atoms with Crippen molar-refractivity contribution in [3.63, 3.8) is 0 Å². The summed E-state index contributed by atoms with van der Waals surface area (Å²) >= 11 is 5.94. The van der Waals surface area contributed by atoms with Crippen LogP contribution in [0.1, 0.15) is 22.7 Å². The van der Waals surface area contributed by atoms with Crippen LogP contribution in [0, 0.1) is 11.3 Å². The molecule has 0 bridgehead atoms. The summed E-state index contributed by atoms with van der Waals surface area (Å²) < 4.78 is 0. The van der Waals surface area contributed by atoms with E-state index in [-0.39, 0.29) is 6.04 Å². The van der Waals surface area contributed by atoms with Gasteiger partial charge >= 0.3 is 0 Å². The number of halogens is 1. The van der Waals surface area contributed by atoms with Gasteiger partial charge in [-0.05, 0) is 40.6 Å². The monoisotopic (exact) mass is 295 g/mol. The molecule has 2 aromatic carbocycles. The highest BCUT2D eigenvalue weighted by Gasteiger charge is 2.18. The maximum Gasteiger partial charge on any atom is 0.162 e. The molecule has 21 heavy (non-hydrogen) atoms. The van der Waals surface area contributed by atoms with E-state index in [9.17, 15) is 0 Å². The third kappa shape index (κ3) is 2.76. The Balaban J connectivity index is 2.08. The Hall–Kier alpha value is -2.71. The molecule has 0 saturated heterocycles. The molecule has 3 aromatic rings. The number of nitriles is 1. The van der Waals surface area contributed by atoms with Gasteiger partial charge in [0.1, 0.15) is 6.04 Å². The van der Waals surface area contributed by atoms with Gasteiger partial charge in [0.15, 0.2) is 6.33 Å². The zero-order valence-electron chi connectivity index (χ0n) is 10.9. The van der Waals surface area contributed by atoms with Crippen LogP contribution in [-0.2, 0) is 0 Å². The molecular formula is C15H10ClN5. The number of hydrogen-bond donors (Lipinski definition) is 0. The molecule has 0 aliphatic rings. The van der Waals surface area contributed by atoms with Gasteiger partial charge in [0.2, 0.25) is 0 Å². The summed E-state index contributed by atoms with van der Waals surface area (Å²) in [6.45, 7) is 0. The lowest BCUT2D eigenvalue weighted by molar-refractivity contribution is 0.504. The van der Waals surface area contributed by atoms with Gasteiger partial charge in [-0.1, -0.05) is 35.9 Å². The van der Waals surface area contributed by atoms with E-state index in [4.69, 9.17) is 16.9 Å². The summed E-state index contributed by atoms with van der Waals surface area (Å²) in [4.78, 5) is 1.53. The zero-order chi connectivity index (χ0) is 14.7. The molecule has 1 unspecified atom stereocenters. The predicted octanol–water partition coefficient (Wildman–Crippen LogP) is 2.84. The molecular weight excluding hydrogens is 286 g/mol. The van der Waals surface area contributed by atoms with Crippen molar-refractivity contribution in [2.24, 2.45) is 0 Å². The average molecular weight is 296 g/mol. The first-order valence-corrected chi connectivity index (χ1v) is 6.64. The molecule has 0 saturated carbocycles. The lowest BCUT2D eigenvalue weighted by atomic mass is 9.98. The zero-order valence-corrected chi connectivity index (χ0v) is 11.6. The van der Waals surface area contributed by atoms with Crippen LogP contribution in [0.25, 0.3) is 0 Å². The Kier molecular flexibility index (Phi) is 3.63. The van der Waals surface area contributed by atoms with Crippen LogP contribution < -0.4 is 0 Å². The van der Waals surface area contributed by atoms with Crippen molar-refractivity contribution in [1.29, 1.82) is 5.26 Å². The highest BCUT2D eigenvalue weighted by Crippen LogP contribution is 2.26. The lowest BCUT2D eigenvalue weighted by Gasteiger charge is -2.16. The first kappa shape index (κ1) is 13.3. The molecule has 1 atom stereocenters. The molecule has 3 rings (SSSR count). The minimum atomic E-state index is -0.211. The molecule has 0 radical (unpaired) electrons. The minimum Gasteiger partial charge on any atom is -0.192 e. The number of rotatable bonds is 3. The number of aromatic nitrogens is 4. The Morgan fingerprint density at radius 3 is 2.14 bits per heavy atom. The van der Waals surface area contributed by atoms with Crippen molar-refractivity contribution in [3.05, 3.63) is 76.6 Å². The predicted molar refractivity (Wildman–Crippen MR) is 77.7 cm³/mol. The molecule has 6 heteroatoms. The summed E-state index contributed by atoms with van der Waals surface area (Å²) in [5, 5.41) is 21.5. The van der Waals surface area contributed by atoms with Crippen LogP contribution in [0.5, 0.6) is 0 Å². The quantitative estimate of drug-likeness (QED) is 0.745. The second kappa shape index (κ2) is 5.73. The van der Waals surface area contributed by atoms with Crippen molar-refractivity contribution in [2.45, 2.75) is 6.04 Å². The third-order valence-corrected chi connectivity index (χ3v) is 3.39. The molecule has 5 nitrogen and oxygen atoms in total. The van der Waals surface area contributed by atoms with E-state index in [1.54, 1.807) is 12.1 Å². The van der Waals surface area contributed by atoms with Gasteiger partial charge in [0.05, 0.1) is 11.6 Å². The van der Waals surface area contributed by atoms with Gasteiger partial charge in [-0.25, -0.2) is 0 Å². The molecule has 1 aromatic heterocycles. The van der Waals surface area contributed by atoms with Crippen LogP contribution in [0.2, 0.25) is 5.02 Å². The number of nitrogens with zero attached hydrogens (tertiary/aromatic N) is 5. The molecule has 0 N–H and O–H groups in total. The lowest BCUT2D eigenvalue weighted by Crippen LogP contribution is -2.15. The van der Waals surface area contributed by atoms with Gasteiger partial charge in [-0.3, -0.25) is 0 Å². The summed E-state index contributed by atoms with van der Waals surface area (Å²) in [5.41, 5.74) is 2.57. The van der Waals surface area contributed by atoms with E-state index in [0.717, 1.165) is 11.1 Å². The highest BCUT2D eigenvalue weighted by atomic mass is 35.5. The summed E-state index contributed by atoms with van der Waals surface area (Å²) in [7, 11) is 0. The van der Waals surface area contributed by atoms with Crippen LogP contribution in [-0.4, -0.2) is 20.2 Å². The number of tetrazole rings is 1. The summed E-state index contributed by atoms with van der Waals surface area (Å²) in [6.07, 6.45) is 1.40. The maximum absolute atomic E-state index is 8.89. The van der Waals surface area contributed by atoms with E-state index in [1.807, 2.05) is 36.4 Å². The Morgan fingerprint density at radius 2 is 1.62 bits per heavy atom. The fourth-order valence-corrected chi connectivity index (χ4v) is 2.26. The van der Waals surface area contributed by atoms with Gasteiger partial charge in [-0.15, -0.1) is 10.2 Å². The van der Waals surface area contributed by atoms with Crippen LogP contribution >= 0.6 is 11.6 Å². The van der Waals surface area contributed by atoms with Crippen molar-refractivity contribution in [3.8, 4) is 6.07 Å². The maximum atomic E-state index is 8.89. The fraction of sp³-hybridized carbons (Fsp3) is 0.0667. The normalized spacial score (nSPS) is 11.8. The first-order valence-electron chi connectivity index (χ1n) is 6.26. The Labute approximate surface area is 126 Å². The molecule has 102 valence electrons. The largest absolute Gasteiger partial charge is 0.192 e. The van der Waals surface area contributed by atoms with Crippen LogP contribution in [0.3, 0.4) is 0 Å². The first-order chi connectivity index (χ1) is 10.3. The second-order valence-corrected chi connectivity index (χ2v) is 4.88. The molecule has 0 amide bonds. The topological polar surface area (TPSA) is 67.4 Å². The van der Waals surface area contributed by atoms with Crippen molar-refractivity contribution >= 4 is 11.6 Å². The van der Waals surface area contributed by atoms with Crippen LogP contribution in [0.4, 0.5) is 0 Å². The van der Waals surface area contributed by atoms with Crippen molar-refractivity contribution in [2.75, 3.05) is 0 Å². The average Bonchev–Trinajstić information content (AvgIpc) is 3.04. The SMILES string of the molecule is N#Cc1ccc(C(c2ccc(Cl)cc2)n2ncnn2)cc1. The Morgan fingerprint density at radius 1 is 1.00 bits per heavy atom. The second-order valence-electron chi connectivity index (χ2n) is 4.44. The van der Waals surface area contributed by atoms with Gasteiger partial charge in [-0.2, -0.15) is 10.1 Å². The standard InChI is InChI=1S/C15H10ClN5/c16-14-7-5-13(6-8-14)15(21-19-10-18-20-21)12-3-1-11(9-17)2-4-12/h1-8,10,15H. The summed E-state index contributed by atoms with van der Waals surface area (Å²) in [5.74, 6) is 0. The number of hydrogen-bond acceptors (Lipinski definition) is 4. The molecule has 1 heterocycles. The van der Waals surface area contributed by atoms with Crippen LogP contribution in [0.15, 0.2) is 54.9 Å². The minimum absolute atomic E-state index is 0.211. The molecule has 0 aliphatic carbocycles. The summed E-state index contributed by atoms with van der Waals surface area (Å²) in [6, 6.07) is 16.7.